The lowest BCUT2D eigenvalue weighted by Crippen LogP contribution is -2.19. The van der Waals surface area contributed by atoms with Gasteiger partial charge >= 0.3 is 0 Å². The first kappa shape index (κ1) is 11.3. The Morgan fingerprint density at radius 2 is 2.29 bits per heavy atom. The van der Waals surface area contributed by atoms with Crippen molar-refractivity contribution in [2.24, 2.45) is 0 Å². The molecule has 1 aromatic heterocycles. The van der Waals surface area contributed by atoms with Crippen LogP contribution < -0.4 is 5.32 Å². The van der Waals surface area contributed by atoms with E-state index in [1.807, 2.05) is 36.5 Å². The van der Waals surface area contributed by atoms with Crippen molar-refractivity contribution in [1.82, 2.24) is 10.3 Å². The van der Waals surface area contributed by atoms with Gasteiger partial charge in [-0.2, -0.15) is 0 Å². The van der Waals surface area contributed by atoms with E-state index in [1.165, 1.54) is 12.3 Å². The molecule has 0 bridgehead atoms. The Morgan fingerprint density at radius 3 is 3.12 bits per heavy atom. The molecule has 2 aromatic rings. The van der Waals surface area contributed by atoms with Crippen molar-refractivity contribution in [2.75, 3.05) is 6.54 Å². The number of amides is 1. The van der Waals surface area contributed by atoms with Gasteiger partial charge < -0.3 is 5.32 Å². The number of benzene rings is 1. The summed E-state index contributed by atoms with van der Waals surface area (Å²) < 4.78 is 0. The first-order chi connectivity index (χ1) is 8.27. The second-order valence-corrected chi connectivity index (χ2v) is 3.78. The van der Waals surface area contributed by atoms with Crippen LogP contribution >= 0.6 is 0 Å². The molecule has 1 heterocycles. The van der Waals surface area contributed by atoms with Gasteiger partial charge in [-0.05, 0) is 17.0 Å². The van der Waals surface area contributed by atoms with E-state index in [0.29, 0.717) is 6.54 Å². The fourth-order valence-electron chi connectivity index (χ4n) is 1.67. The van der Waals surface area contributed by atoms with Crippen LogP contribution in [-0.2, 0) is 4.79 Å². The topological polar surface area (TPSA) is 42.0 Å². The van der Waals surface area contributed by atoms with Crippen LogP contribution in [0.15, 0.2) is 42.7 Å². The number of nitrogens with one attached hydrogen (secondary N) is 1. The molecule has 17 heavy (non-hydrogen) atoms. The third-order valence-corrected chi connectivity index (χ3v) is 2.48. The molecule has 0 unspecified atom stereocenters. The van der Waals surface area contributed by atoms with Crippen LogP contribution in [-0.4, -0.2) is 17.4 Å². The molecule has 2 rings (SSSR count). The highest BCUT2D eigenvalue weighted by Gasteiger charge is 1.96. The molecule has 0 aliphatic rings. The number of carbonyl (C=O) groups is 1. The highest BCUT2D eigenvalue weighted by molar-refractivity contribution is 5.89. The third-order valence-electron chi connectivity index (χ3n) is 2.48. The molecular weight excluding hydrogens is 212 g/mol. The fraction of sp³-hybridized carbons (Fsp3) is 0.143. The summed E-state index contributed by atoms with van der Waals surface area (Å²) in [6.07, 6.45) is 7.57. The van der Waals surface area contributed by atoms with Crippen LogP contribution in [0.1, 0.15) is 12.5 Å². The van der Waals surface area contributed by atoms with E-state index in [0.717, 1.165) is 10.9 Å². The van der Waals surface area contributed by atoms with Crippen LogP contribution in [0.4, 0.5) is 0 Å². The van der Waals surface area contributed by atoms with Crippen molar-refractivity contribution in [1.29, 1.82) is 0 Å². The minimum absolute atomic E-state index is 0.0192. The minimum atomic E-state index is -0.0192. The summed E-state index contributed by atoms with van der Waals surface area (Å²) in [5.74, 6) is -0.0192. The molecule has 1 aromatic carbocycles. The summed E-state index contributed by atoms with van der Waals surface area (Å²) >= 11 is 0. The quantitative estimate of drug-likeness (QED) is 0.873. The summed E-state index contributed by atoms with van der Waals surface area (Å²) in [4.78, 5) is 14.8. The van der Waals surface area contributed by atoms with E-state index in [9.17, 15) is 4.79 Å². The molecular formula is C14H14N2O. The van der Waals surface area contributed by atoms with E-state index in [4.69, 9.17) is 0 Å². The molecule has 0 fully saturated rings. The summed E-state index contributed by atoms with van der Waals surface area (Å²) in [7, 11) is 0. The predicted octanol–water partition coefficient (Wildman–Crippen LogP) is 2.38. The lowest BCUT2D eigenvalue weighted by molar-refractivity contribution is -0.118. The molecule has 86 valence electrons. The average Bonchev–Trinajstić information content (AvgIpc) is 2.34. The fourth-order valence-corrected chi connectivity index (χ4v) is 1.67. The van der Waals surface area contributed by atoms with Gasteiger partial charge in [-0.15, -0.1) is 0 Å². The maximum atomic E-state index is 10.7. The Balaban J connectivity index is 2.21. The molecule has 0 aliphatic carbocycles. The molecule has 3 nitrogen and oxygen atoms in total. The van der Waals surface area contributed by atoms with Gasteiger partial charge in [0, 0.05) is 31.2 Å². The number of fused-ring (bicyclic) bond motifs is 1. The standard InChI is InChI=1S/C14H14N2O/c1-11(17)16-8-3-6-12-4-2-5-13-7-9-15-10-14(12)13/h2-7,9-10H,8H2,1H3,(H,16,17). The number of pyridine rings is 1. The Morgan fingerprint density at radius 1 is 1.41 bits per heavy atom. The van der Waals surface area contributed by atoms with Crippen molar-refractivity contribution in [3.05, 3.63) is 48.3 Å². The lowest BCUT2D eigenvalue weighted by atomic mass is 10.1. The largest absolute Gasteiger partial charge is 0.353 e. The van der Waals surface area contributed by atoms with Crippen molar-refractivity contribution < 1.29 is 4.79 Å². The first-order valence-corrected chi connectivity index (χ1v) is 5.51. The highest BCUT2D eigenvalue weighted by atomic mass is 16.1. The number of rotatable bonds is 3. The number of nitrogens with zero attached hydrogens (tertiary/aromatic N) is 1. The maximum Gasteiger partial charge on any atom is 0.217 e. The van der Waals surface area contributed by atoms with Gasteiger partial charge in [0.2, 0.25) is 5.91 Å². The van der Waals surface area contributed by atoms with Gasteiger partial charge in [0.1, 0.15) is 0 Å². The van der Waals surface area contributed by atoms with E-state index in [1.54, 1.807) is 6.20 Å². The van der Waals surface area contributed by atoms with E-state index in [-0.39, 0.29) is 5.91 Å². The highest BCUT2D eigenvalue weighted by Crippen LogP contribution is 2.18. The monoisotopic (exact) mass is 226 g/mol. The van der Waals surface area contributed by atoms with Gasteiger partial charge in [-0.3, -0.25) is 9.78 Å². The van der Waals surface area contributed by atoms with Gasteiger partial charge in [-0.25, -0.2) is 0 Å². The Labute approximate surface area is 100 Å². The molecule has 3 heteroatoms. The molecule has 0 spiro atoms. The molecule has 0 saturated carbocycles. The lowest BCUT2D eigenvalue weighted by Gasteiger charge is -2.01. The minimum Gasteiger partial charge on any atom is -0.353 e. The second kappa shape index (κ2) is 5.25. The van der Waals surface area contributed by atoms with Crippen molar-refractivity contribution in [2.45, 2.75) is 6.92 Å². The first-order valence-electron chi connectivity index (χ1n) is 5.51. The van der Waals surface area contributed by atoms with E-state index < -0.39 is 0 Å². The van der Waals surface area contributed by atoms with Crippen LogP contribution in [0.5, 0.6) is 0 Å². The number of aromatic nitrogens is 1. The summed E-state index contributed by atoms with van der Waals surface area (Å²) in [5.41, 5.74) is 1.11. The number of hydrogen-bond acceptors (Lipinski definition) is 2. The van der Waals surface area contributed by atoms with Crippen LogP contribution in [0, 0.1) is 0 Å². The third kappa shape index (κ3) is 2.91. The van der Waals surface area contributed by atoms with E-state index in [2.05, 4.69) is 16.4 Å². The average molecular weight is 226 g/mol. The summed E-state index contributed by atoms with van der Waals surface area (Å²) in [6.45, 7) is 2.06. The zero-order chi connectivity index (χ0) is 12.1. The predicted molar refractivity (Wildman–Crippen MR) is 69.5 cm³/mol. The summed E-state index contributed by atoms with van der Waals surface area (Å²) in [5, 5.41) is 5.01. The van der Waals surface area contributed by atoms with Crippen LogP contribution in [0.25, 0.3) is 16.8 Å². The molecule has 1 N–H and O–H groups in total. The zero-order valence-electron chi connectivity index (χ0n) is 9.68. The van der Waals surface area contributed by atoms with Gasteiger partial charge in [-0.1, -0.05) is 30.4 Å². The number of hydrogen-bond donors (Lipinski definition) is 1. The Kier molecular flexibility index (Phi) is 3.50. The molecule has 0 radical (unpaired) electrons. The smallest absolute Gasteiger partial charge is 0.217 e. The second-order valence-electron chi connectivity index (χ2n) is 3.78. The SMILES string of the molecule is CC(=O)NCC=Cc1cccc2ccncc12. The van der Waals surface area contributed by atoms with Crippen molar-refractivity contribution >= 4 is 22.8 Å². The van der Waals surface area contributed by atoms with Crippen LogP contribution in [0.3, 0.4) is 0 Å². The van der Waals surface area contributed by atoms with Gasteiger partial charge in [0.25, 0.3) is 0 Å². The van der Waals surface area contributed by atoms with Gasteiger partial charge in [0.15, 0.2) is 0 Å². The zero-order valence-corrected chi connectivity index (χ0v) is 9.68. The summed E-state index contributed by atoms with van der Waals surface area (Å²) in [6, 6.07) is 8.09. The Hall–Kier alpha value is -2.16. The molecule has 0 atom stereocenters. The molecule has 0 saturated heterocycles. The number of carbonyl (C=O) groups excluding carboxylic acids is 1. The van der Waals surface area contributed by atoms with Crippen molar-refractivity contribution in [3.63, 3.8) is 0 Å². The van der Waals surface area contributed by atoms with E-state index >= 15 is 0 Å². The van der Waals surface area contributed by atoms with Crippen molar-refractivity contribution in [3.8, 4) is 0 Å². The maximum absolute atomic E-state index is 10.7. The molecule has 1 amide bonds. The normalized spacial score (nSPS) is 10.9. The molecule has 0 aliphatic heterocycles. The Bertz CT molecular complexity index is 556. The van der Waals surface area contributed by atoms with Crippen LogP contribution in [0.2, 0.25) is 0 Å². The van der Waals surface area contributed by atoms with Gasteiger partial charge in [0.05, 0.1) is 0 Å².